The molecule has 3 aromatic carbocycles. The lowest BCUT2D eigenvalue weighted by Crippen LogP contribution is -2.13. The van der Waals surface area contributed by atoms with Gasteiger partial charge in [0.2, 0.25) is 11.6 Å². The quantitative estimate of drug-likeness (QED) is 0.154. The predicted octanol–water partition coefficient (Wildman–Crippen LogP) is 10.5. The van der Waals surface area contributed by atoms with Crippen LogP contribution in [-0.4, -0.2) is 6.61 Å². The van der Waals surface area contributed by atoms with Crippen molar-refractivity contribution in [3.05, 3.63) is 82.9 Å². The van der Waals surface area contributed by atoms with Crippen molar-refractivity contribution in [2.24, 2.45) is 5.92 Å². The van der Waals surface area contributed by atoms with Crippen LogP contribution in [0, 0.1) is 29.2 Å². The summed E-state index contributed by atoms with van der Waals surface area (Å²) in [6.07, 6.45) is 10.3. The molecule has 216 valence electrons. The molecule has 1 aliphatic carbocycles. The van der Waals surface area contributed by atoms with Gasteiger partial charge in [-0.05, 0) is 66.0 Å². The Labute approximate surface area is 235 Å². The molecule has 0 saturated heterocycles. The molecule has 0 atom stereocenters. The Kier molecular flexibility index (Phi) is 10.9. The van der Waals surface area contributed by atoms with Gasteiger partial charge in [-0.1, -0.05) is 89.1 Å². The van der Waals surface area contributed by atoms with E-state index in [0.717, 1.165) is 44.9 Å². The molecule has 40 heavy (non-hydrogen) atoms. The molecule has 1 aliphatic rings. The summed E-state index contributed by atoms with van der Waals surface area (Å²) in [6.45, 7) is 4.72. The number of ether oxygens (including phenoxy) is 2. The van der Waals surface area contributed by atoms with E-state index in [-0.39, 0.29) is 29.6 Å². The van der Waals surface area contributed by atoms with E-state index in [4.69, 9.17) is 9.47 Å². The van der Waals surface area contributed by atoms with Crippen LogP contribution < -0.4 is 9.47 Å². The van der Waals surface area contributed by atoms with E-state index in [1.165, 1.54) is 37.5 Å². The fraction of sp³-hybridized carbons (Fsp3) is 0.471. The van der Waals surface area contributed by atoms with Gasteiger partial charge in [0.25, 0.3) is 0 Å². The molecule has 0 spiro atoms. The van der Waals surface area contributed by atoms with E-state index >= 15 is 0 Å². The Balaban J connectivity index is 1.33. The third-order valence-corrected chi connectivity index (χ3v) is 7.99. The first kappa shape index (κ1) is 30.0. The highest BCUT2D eigenvalue weighted by Crippen LogP contribution is 2.38. The molecule has 0 amide bonds. The zero-order valence-corrected chi connectivity index (χ0v) is 23.6. The van der Waals surface area contributed by atoms with Crippen LogP contribution in [0.25, 0.3) is 11.1 Å². The largest absolute Gasteiger partial charge is 0.490 e. The number of hydrogen-bond donors (Lipinski definition) is 0. The van der Waals surface area contributed by atoms with Gasteiger partial charge < -0.3 is 9.47 Å². The number of hydrogen-bond acceptors (Lipinski definition) is 2. The molecule has 0 bridgehead atoms. The molecular formula is C34H40F4O2. The van der Waals surface area contributed by atoms with Crippen LogP contribution in [0.3, 0.4) is 0 Å². The van der Waals surface area contributed by atoms with Gasteiger partial charge in [-0.2, -0.15) is 8.78 Å². The number of unbranched alkanes of at least 4 members (excludes halogenated alkanes) is 5. The molecule has 0 heterocycles. The Hall–Kier alpha value is -3.02. The second kappa shape index (κ2) is 14.6. The summed E-state index contributed by atoms with van der Waals surface area (Å²) in [7, 11) is 0. The maximum atomic E-state index is 14.8. The summed E-state index contributed by atoms with van der Waals surface area (Å²) in [5, 5.41) is 0. The maximum Gasteiger partial charge on any atom is 0.201 e. The molecule has 4 rings (SSSR count). The molecule has 2 nitrogen and oxygen atoms in total. The van der Waals surface area contributed by atoms with Crippen LogP contribution in [0.4, 0.5) is 17.6 Å². The number of halogens is 4. The van der Waals surface area contributed by atoms with Gasteiger partial charge in [0.05, 0.1) is 6.61 Å². The normalized spacial score (nSPS) is 17.1. The summed E-state index contributed by atoms with van der Waals surface area (Å²) < 4.78 is 70.2. The first-order chi connectivity index (χ1) is 19.4. The summed E-state index contributed by atoms with van der Waals surface area (Å²) in [6, 6.07) is 12.8. The molecule has 0 unspecified atom stereocenters. The molecule has 0 aromatic heterocycles. The van der Waals surface area contributed by atoms with Crippen molar-refractivity contribution in [1.82, 2.24) is 0 Å². The van der Waals surface area contributed by atoms with Gasteiger partial charge in [0.15, 0.2) is 23.1 Å². The van der Waals surface area contributed by atoms with Gasteiger partial charge >= 0.3 is 0 Å². The van der Waals surface area contributed by atoms with Crippen LogP contribution in [0.15, 0.2) is 48.5 Å². The van der Waals surface area contributed by atoms with Crippen molar-refractivity contribution in [2.75, 3.05) is 6.61 Å². The number of rotatable bonds is 13. The van der Waals surface area contributed by atoms with Crippen molar-refractivity contribution < 1.29 is 27.0 Å². The lowest BCUT2D eigenvalue weighted by atomic mass is 9.79. The fourth-order valence-corrected chi connectivity index (χ4v) is 5.42. The molecular weight excluding hydrogens is 516 g/mol. The van der Waals surface area contributed by atoms with Gasteiger partial charge in [0, 0.05) is 5.56 Å². The van der Waals surface area contributed by atoms with Crippen LogP contribution in [0.2, 0.25) is 0 Å². The Morgan fingerprint density at radius 3 is 2.00 bits per heavy atom. The minimum atomic E-state index is -1.00. The SMILES string of the molecule is CCCCCCCCOc1ccc(-c2ccc(COc3ccc(C4CCC(C)CC4)c(F)c3F)cc2)c(F)c1F. The Morgan fingerprint density at radius 2 is 1.27 bits per heavy atom. The van der Waals surface area contributed by atoms with E-state index < -0.39 is 23.3 Å². The Morgan fingerprint density at radius 1 is 0.650 bits per heavy atom. The van der Waals surface area contributed by atoms with Gasteiger partial charge in [-0.25, -0.2) is 8.78 Å². The number of benzene rings is 3. The first-order valence-corrected chi connectivity index (χ1v) is 14.7. The third-order valence-electron chi connectivity index (χ3n) is 7.99. The highest BCUT2D eigenvalue weighted by molar-refractivity contribution is 5.65. The zero-order valence-electron chi connectivity index (χ0n) is 23.6. The lowest BCUT2D eigenvalue weighted by Gasteiger charge is -2.27. The third kappa shape index (κ3) is 7.58. The Bertz CT molecular complexity index is 1230. The first-order valence-electron chi connectivity index (χ1n) is 14.7. The second-order valence-corrected chi connectivity index (χ2v) is 11.1. The van der Waals surface area contributed by atoms with Gasteiger partial charge in [0.1, 0.15) is 6.61 Å². The lowest BCUT2D eigenvalue weighted by molar-refractivity contribution is 0.282. The molecule has 6 heteroatoms. The highest BCUT2D eigenvalue weighted by Gasteiger charge is 2.25. The highest BCUT2D eigenvalue weighted by atomic mass is 19.2. The molecule has 0 aliphatic heterocycles. The zero-order chi connectivity index (χ0) is 28.5. The summed E-state index contributed by atoms with van der Waals surface area (Å²) in [5.41, 5.74) is 1.73. The van der Waals surface area contributed by atoms with Crippen LogP contribution in [-0.2, 0) is 6.61 Å². The van der Waals surface area contributed by atoms with Crippen LogP contribution >= 0.6 is 0 Å². The average molecular weight is 557 g/mol. The fourth-order valence-electron chi connectivity index (χ4n) is 5.42. The van der Waals surface area contributed by atoms with Gasteiger partial charge in [-0.15, -0.1) is 0 Å². The smallest absolute Gasteiger partial charge is 0.201 e. The topological polar surface area (TPSA) is 18.5 Å². The van der Waals surface area contributed by atoms with Crippen LogP contribution in [0.1, 0.15) is 95.1 Å². The minimum absolute atomic E-state index is 0.0129. The van der Waals surface area contributed by atoms with E-state index in [1.807, 2.05) is 0 Å². The van der Waals surface area contributed by atoms with Gasteiger partial charge in [-0.3, -0.25) is 0 Å². The van der Waals surface area contributed by atoms with Crippen molar-refractivity contribution in [3.63, 3.8) is 0 Å². The standard InChI is InChI=1S/C34H40F4O2/c1-3-4-5-6-7-8-21-39-29-19-17-28(31(35)33(29)37)26-15-11-24(12-16-26)22-40-30-20-18-27(32(36)34(30)38)25-13-9-23(2)10-14-25/h11-12,15-20,23,25H,3-10,13-14,21-22H2,1-2H3. The van der Waals surface area contributed by atoms with Crippen molar-refractivity contribution >= 4 is 0 Å². The van der Waals surface area contributed by atoms with E-state index in [1.54, 1.807) is 30.3 Å². The average Bonchev–Trinajstić information content (AvgIpc) is 2.96. The summed E-state index contributed by atoms with van der Waals surface area (Å²) in [5.74, 6) is -3.32. The second-order valence-electron chi connectivity index (χ2n) is 11.1. The predicted molar refractivity (Wildman–Crippen MR) is 152 cm³/mol. The van der Waals surface area contributed by atoms with E-state index in [2.05, 4.69) is 13.8 Å². The monoisotopic (exact) mass is 556 g/mol. The van der Waals surface area contributed by atoms with E-state index in [0.29, 0.717) is 29.2 Å². The molecule has 0 N–H and O–H groups in total. The van der Waals surface area contributed by atoms with Crippen molar-refractivity contribution in [1.29, 1.82) is 0 Å². The molecule has 1 saturated carbocycles. The summed E-state index contributed by atoms with van der Waals surface area (Å²) >= 11 is 0. The van der Waals surface area contributed by atoms with Crippen LogP contribution in [0.5, 0.6) is 11.5 Å². The van der Waals surface area contributed by atoms with Crippen molar-refractivity contribution in [3.8, 4) is 22.6 Å². The van der Waals surface area contributed by atoms with Crippen molar-refractivity contribution in [2.45, 2.75) is 90.6 Å². The minimum Gasteiger partial charge on any atom is -0.490 e. The molecule has 0 radical (unpaired) electrons. The maximum absolute atomic E-state index is 14.8. The van der Waals surface area contributed by atoms with E-state index in [9.17, 15) is 17.6 Å². The molecule has 1 fully saturated rings. The molecule has 3 aromatic rings. The summed E-state index contributed by atoms with van der Waals surface area (Å²) in [4.78, 5) is 0.